The summed E-state index contributed by atoms with van der Waals surface area (Å²) in [7, 11) is 0. The molecule has 0 amide bonds. The molecule has 1 fully saturated rings. The summed E-state index contributed by atoms with van der Waals surface area (Å²) in [5.41, 5.74) is 2.31. The first-order valence-corrected chi connectivity index (χ1v) is 5.87. The maximum absolute atomic E-state index is 6.08. The van der Waals surface area contributed by atoms with Gasteiger partial charge in [0.15, 0.2) is 0 Å². The lowest BCUT2D eigenvalue weighted by molar-refractivity contribution is 0.480. The third-order valence-corrected chi connectivity index (χ3v) is 3.33. The Morgan fingerprint density at radius 3 is 3.07 bits per heavy atom. The van der Waals surface area contributed by atoms with E-state index < -0.39 is 0 Å². The number of benzene rings is 1. The molecule has 0 aromatic heterocycles. The normalized spacial score (nSPS) is 21.3. The van der Waals surface area contributed by atoms with Crippen LogP contribution in [0.2, 0.25) is 5.02 Å². The molecule has 1 heterocycles. The van der Waals surface area contributed by atoms with Crippen molar-refractivity contribution in [3.8, 4) is 0 Å². The average molecular weight is 225 g/mol. The minimum atomic E-state index is 0.538. The van der Waals surface area contributed by atoms with E-state index in [1.165, 1.54) is 12.8 Å². The molecule has 1 unspecified atom stereocenters. The Bertz CT molecular complexity index is 332. The molecule has 0 spiro atoms. The van der Waals surface area contributed by atoms with Crippen molar-refractivity contribution >= 4 is 17.3 Å². The third kappa shape index (κ3) is 2.64. The molecule has 1 aromatic carbocycles. The molecule has 1 aromatic rings. The summed E-state index contributed by atoms with van der Waals surface area (Å²) >= 11 is 6.08. The van der Waals surface area contributed by atoms with Gasteiger partial charge in [-0.25, -0.2) is 0 Å². The summed E-state index contributed by atoms with van der Waals surface area (Å²) in [6.07, 6.45) is 2.48. The Balaban J connectivity index is 2.06. The smallest absolute Gasteiger partial charge is 0.0455 e. The molecule has 1 aliphatic heterocycles. The van der Waals surface area contributed by atoms with Crippen molar-refractivity contribution in [1.82, 2.24) is 5.32 Å². The molecular weight excluding hydrogens is 208 g/mol. The fourth-order valence-corrected chi connectivity index (χ4v) is 2.13. The fourth-order valence-electron chi connectivity index (χ4n) is 1.96. The lowest BCUT2D eigenvalue weighted by atomic mass is 10.1. The van der Waals surface area contributed by atoms with Gasteiger partial charge in [0.2, 0.25) is 0 Å². The van der Waals surface area contributed by atoms with Gasteiger partial charge in [-0.2, -0.15) is 0 Å². The van der Waals surface area contributed by atoms with Gasteiger partial charge < -0.3 is 10.6 Å². The van der Waals surface area contributed by atoms with Crippen LogP contribution >= 0.6 is 11.6 Å². The Kier molecular flexibility index (Phi) is 3.49. The van der Waals surface area contributed by atoms with Crippen LogP contribution in [0.25, 0.3) is 0 Å². The first kappa shape index (κ1) is 10.8. The van der Waals surface area contributed by atoms with E-state index in [0.717, 1.165) is 29.4 Å². The second kappa shape index (κ2) is 4.86. The van der Waals surface area contributed by atoms with Crippen LogP contribution in [0.15, 0.2) is 18.2 Å². The molecule has 0 bridgehead atoms. The van der Waals surface area contributed by atoms with Crippen molar-refractivity contribution in [3.05, 3.63) is 28.8 Å². The van der Waals surface area contributed by atoms with E-state index in [4.69, 9.17) is 11.6 Å². The van der Waals surface area contributed by atoms with Crippen LogP contribution in [0.3, 0.4) is 0 Å². The van der Waals surface area contributed by atoms with Crippen molar-refractivity contribution < 1.29 is 0 Å². The molecular formula is C12H17ClN2. The van der Waals surface area contributed by atoms with Gasteiger partial charge in [-0.1, -0.05) is 17.7 Å². The molecule has 82 valence electrons. The molecule has 2 nitrogen and oxygen atoms in total. The zero-order valence-electron chi connectivity index (χ0n) is 9.02. The standard InChI is InChI=1S/C12H17ClN2/c1-9-11(13)5-2-6-12(9)15-10-4-3-7-14-8-10/h2,5-6,10,14-15H,3-4,7-8H2,1H3. The van der Waals surface area contributed by atoms with E-state index in [1.54, 1.807) is 0 Å². The van der Waals surface area contributed by atoms with Crippen molar-refractivity contribution in [3.63, 3.8) is 0 Å². The summed E-state index contributed by atoms with van der Waals surface area (Å²) < 4.78 is 0. The van der Waals surface area contributed by atoms with Crippen molar-refractivity contribution in [1.29, 1.82) is 0 Å². The van der Waals surface area contributed by atoms with E-state index in [9.17, 15) is 0 Å². The molecule has 0 saturated carbocycles. The van der Waals surface area contributed by atoms with E-state index >= 15 is 0 Å². The summed E-state index contributed by atoms with van der Waals surface area (Å²) in [4.78, 5) is 0. The Morgan fingerprint density at radius 1 is 1.47 bits per heavy atom. The van der Waals surface area contributed by atoms with Crippen LogP contribution in [0.4, 0.5) is 5.69 Å². The SMILES string of the molecule is Cc1c(Cl)cccc1NC1CCCNC1. The van der Waals surface area contributed by atoms with Gasteiger partial charge in [0, 0.05) is 23.3 Å². The van der Waals surface area contributed by atoms with E-state index in [0.29, 0.717) is 6.04 Å². The molecule has 0 aliphatic carbocycles. The zero-order valence-corrected chi connectivity index (χ0v) is 9.77. The molecule has 15 heavy (non-hydrogen) atoms. The molecule has 2 N–H and O–H groups in total. The number of anilines is 1. The van der Waals surface area contributed by atoms with E-state index in [2.05, 4.69) is 23.6 Å². The first-order valence-electron chi connectivity index (χ1n) is 5.50. The minimum absolute atomic E-state index is 0.538. The zero-order chi connectivity index (χ0) is 10.7. The maximum atomic E-state index is 6.08. The minimum Gasteiger partial charge on any atom is -0.381 e. The van der Waals surface area contributed by atoms with Gasteiger partial charge in [0.1, 0.15) is 0 Å². The van der Waals surface area contributed by atoms with Gasteiger partial charge in [-0.15, -0.1) is 0 Å². The van der Waals surface area contributed by atoms with Crippen LogP contribution in [0.5, 0.6) is 0 Å². The number of nitrogens with one attached hydrogen (secondary N) is 2. The Morgan fingerprint density at radius 2 is 2.33 bits per heavy atom. The molecule has 1 aliphatic rings. The second-order valence-corrected chi connectivity index (χ2v) is 4.51. The van der Waals surface area contributed by atoms with Crippen molar-refractivity contribution in [2.75, 3.05) is 18.4 Å². The Hall–Kier alpha value is -0.730. The topological polar surface area (TPSA) is 24.1 Å². The average Bonchev–Trinajstić information content (AvgIpc) is 2.26. The quantitative estimate of drug-likeness (QED) is 0.808. The van der Waals surface area contributed by atoms with Crippen LogP contribution < -0.4 is 10.6 Å². The highest BCUT2D eigenvalue weighted by Gasteiger charge is 2.13. The van der Waals surface area contributed by atoms with Crippen LogP contribution in [0, 0.1) is 6.92 Å². The van der Waals surface area contributed by atoms with Crippen LogP contribution in [-0.4, -0.2) is 19.1 Å². The highest BCUT2D eigenvalue weighted by molar-refractivity contribution is 6.31. The van der Waals surface area contributed by atoms with Crippen LogP contribution in [-0.2, 0) is 0 Å². The van der Waals surface area contributed by atoms with E-state index in [-0.39, 0.29) is 0 Å². The maximum Gasteiger partial charge on any atom is 0.0455 e. The molecule has 0 radical (unpaired) electrons. The monoisotopic (exact) mass is 224 g/mol. The lowest BCUT2D eigenvalue weighted by Gasteiger charge is -2.25. The number of halogens is 1. The van der Waals surface area contributed by atoms with Gasteiger partial charge in [-0.05, 0) is 44.0 Å². The third-order valence-electron chi connectivity index (χ3n) is 2.92. The molecule has 3 heteroatoms. The fraction of sp³-hybridized carbons (Fsp3) is 0.500. The van der Waals surface area contributed by atoms with Crippen molar-refractivity contribution in [2.45, 2.75) is 25.8 Å². The summed E-state index contributed by atoms with van der Waals surface area (Å²) in [6, 6.07) is 6.56. The van der Waals surface area contributed by atoms with Gasteiger partial charge in [0.05, 0.1) is 0 Å². The lowest BCUT2D eigenvalue weighted by Crippen LogP contribution is -2.38. The van der Waals surface area contributed by atoms with Gasteiger partial charge in [-0.3, -0.25) is 0 Å². The summed E-state index contributed by atoms with van der Waals surface area (Å²) in [5, 5.41) is 7.77. The predicted octanol–water partition coefficient (Wildman–Crippen LogP) is 2.81. The highest BCUT2D eigenvalue weighted by Crippen LogP contribution is 2.24. The molecule has 1 atom stereocenters. The largest absolute Gasteiger partial charge is 0.381 e. The number of hydrogen-bond acceptors (Lipinski definition) is 2. The number of piperidine rings is 1. The first-order chi connectivity index (χ1) is 7.27. The van der Waals surface area contributed by atoms with E-state index in [1.807, 2.05) is 12.1 Å². The van der Waals surface area contributed by atoms with Crippen LogP contribution in [0.1, 0.15) is 18.4 Å². The molecule has 2 rings (SSSR count). The summed E-state index contributed by atoms with van der Waals surface area (Å²) in [5.74, 6) is 0. The number of hydrogen-bond donors (Lipinski definition) is 2. The highest BCUT2D eigenvalue weighted by atomic mass is 35.5. The number of rotatable bonds is 2. The van der Waals surface area contributed by atoms with Gasteiger partial charge >= 0.3 is 0 Å². The predicted molar refractivity (Wildman–Crippen MR) is 65.7 cm³/mol. The van der Waals surface area contributed by atoms with Crippen molar-refractivity contribution in [2.24, 2.45) is 0 Å². The van der Waals surface area contributed by atoms with Gasteiger partial charge in [0.25, 0.3) is 0 Å². The second-order valence-electron chi connectivity index (χ2n) is 4.10. The molecule has 1 saturated heterocycles. The Labute approximate surface area is 96.0 Å². The summed E-state index contributed by atoms with van der Waals surface area (Å²) in [6.45, 7) is 4.25.